The van der Waals surface area contributed by atoms with E-state index in [0.29, 0.717) is 12.4 Å². The van der Waals surface area contributed by atoms with Gasteiger partial charge in [-0.15, -0.1) is 11.8 Å². The Labute approximate surface area is 128 Å². The number of carbonyl (C=O) groups excluding carboxylic acids is 1. The van der Waals surface area contributed by atoms with Crippen LogP contribution in [0.15, 0.2) is 53.8 Å². The van der Waals surface area contributed by atoms with E-state index in [2.05, 4.69) is 15.3 Å². The van der Waals surface area contributed by atoms with Crippen LogP contribution >= 0.6 is 11.8 Å². The predicted molar refractivity (Wildman–Crippen MR) is 82.0 cm³/mol. The summed E-state index contributed by atoms with van der Waals surface area (Å²) in [5.41, 5.74) is 0.793. The number of hydrogen-bond acceptors (Lipinski definition) is 5. The SMILES string of the molecule is COC[C@@H](NC(=O)CSc1ccncc1)c1ccccn1. The third-order valence-corrected chi connectivity index (χ3v) is 3.75. The molecule has 0 bridgehead atoms. The van der Waals surface area contributed by atoms with Crippen LogP contribution in [0.5, 0.6) is 0 Å². The van der Waals surface area contributed by atoms with Gasteiger partial charge in [0.05, 0.1) is 24.1 Å². The smallest absolute Gasteiger partial charge is 0.230 e. The number of aromatic nitrogens is 2. The van der Waals surface area contributed by atoms with Crippen molar-refractivity contribution in [3.63, 3.8) is 0 Å². The van der Waals surface area contributed by atoms with Gasteiger partial charge in [0.2, 0.25) is 5.91 Å². The van der Waals surface area contributed by atoms with Crippen LogP contribution in [-0.2, 0) is 9.53 Å². The average Bonchev–Trinajstić information content (AvgIpc) is 2.54. The van der Waals surface area contributed by atoms with Crippen LogP contribution in [0.1, 0.15) is 11.7 Å². The van der Waals surface area contributed by atoms with Gasteiger partial charge in [-0.1, -0.05) is 6.07 Å². The lowest BCUT2D eigenvalue weighted by Crippen LogP contribution is -2.33. The Morgan fingerprint density at radius 1 is 1.29 bits per heavy atom. The number of methoxy groups -OCH3 is 1. The average molecular weight is 303 g/mol. The number of ether oxygens (including phenoxy) is 1. The molecular weight excluding hydrogens is 286 g/mol. The highest BCUT2D eigenvalue weighted by atomic mass is 32.2. The van der Waals surface area contributed by atoms with Crippen LogP contribution in [0.2, 0.25) is 0 Å². The summed E-state index contributed by atoms with van der Waals surface area (Å²) < 4.78 is 5.15. The third kappa shape index (κ3) is 5.17. The van der Waals surface area contributed by atoms with Gasteiger partial charge < -0.3 is 10.1 Å². The van der Waals surface area contributed by atoms with E-state index in [1.54, 1.807) is 25.7 Å². The number of hydrogen-bond donors (Lipinski definition) is 1. The second-order valence-electron chi connectivity index (χ2n) is 4.30. The van der Waals surface area contributed by atoms with Crippen molar-refractivity contribution in [1.29, 1.82) is 0 Å². The van der Waals surface area contributed by atoms with Gasteiger partial charge in [0.15, 0.2) is 0 Å². The Morgan fingerprint density at radius 3 is 2.76 bits per heavy atom. The molecule has 0 spiro atoms. The number of nitrogens with one attached hydrogen (secondary N) is 1. The van der Waals surface area contributed by atoms with Crippen molar-refractivity contribution in [2.24, 2.45) is 0 Å². The van der Waals surface area contributed by atoms with Gasteiger partial charge in [-0.3, -0.25) is 14.8 Å². The maximum absolute atomic E-state index is 12.0. The van der Waals surface area contributed by atoms with Crippen LogP contribution in [0.25, 0.3) is 0 Å². The van der Waals surface area contributed by atoms with Crippen LogP contribution in [0.4, 0.5) is 0 Å². The Balaban J connectivity index is 1.89. The van der Waals surface area contributed by atoms with E-state index in [1.165, 1.54) is 11.8 Å². The molecule has 0 unspecified atom stereocenters. The second kappa shape index (κ2) is 8.39. The first-order chi connectivity index (χ1) is 10.3. The summed E-state index contributed by atoms with van der Waals surface area (Å²) in [7, 11) is 1.60. The molecule has 2 aromatic rings. The first-order valence-corrected chi connectivity index (χ1v) is 7.50. The van der Waals surface area contributed by atoms with E-state index in [9.17, 15) is 4.79 Å². The number of carbonyl (C=O) groups is 1. The zero-order chi connectivity index (χ0) is 14.9. The monoisotopic (exact) mass is 303 g/mol. The number of rotatable bonds is 7. The quantitative estimate of drug-likeness (QED) is 0.793. The van der Waals surface area contributed by atoms with Crippen molar-refractivity contribution in [1.82, 2.24) is 15.3 Å². The molecule has 0 aliphatic carbocycles. The second-order valence-corrected chi connectivity index (χ2v) is 5.35. The number of thioether (sulfide) groups is 1. The molecule has 2 heterocycles. The highest BCUT2D eigenvalue weighted by molar-refractivity contribution is 8.00. The van der Waals surface area contributed by atoms with Crippen LogP contribution in [0.3, 0.4) is 0 Å². The number of nitrogens with zero attached hydrogens (tertiary/aromatic N) is 2. The van der Waals surface area contributed by atoms with Gasteiger partial charge in [-0.05, 0) is 24.3 Å². The molecule has 0 aromatic carbocycles. The van der Waals surface area contributed by atoms with Gasteiger partial charge in [-0.25, -0.2) is 0 Å². The topological polar surface area (TPSA) is 64.1 Å². The molecule has 5 nitrogen and oxygen atoms in total. The first kappa shape index (κ1) is 15.5. The van der Waals surface area contributed by atoms with Crippen molar-refractivity contribution in [2.45, 2.75) is 10.9 Å². The number of pyridine rings is 2. The molecular formula is C15H17N3O2S. The maximum atomic E-state index is 12.0. The summed E-state index contributed by atoms with van der Waals surface area (Å²) in [4.78, 5) is 21.3. The van der Waals surface area contributed by atoms with E-state index < -0.39 is 0 Å². The standard InChI is InChI=1S/C15H17N3O2S/c1-20-10-14(13-4-2-3-7-17-13)18-15(19)11-21-12-5-8-16-9-6-12/h2-9,14H,10-11H2,1H3,(H,18,19)/t14-/m1/s1. The molecule has 0 saturated carbocycles. The molecule has 2 aromatic heterocycles. The van der Waals surface area contributed by atoms with E-state index in [-0.39, 0.29) is 11.9 Å². The van der Waals surface area contributed by atoms with E-state index in [1.807, 2.05) is 30.3 Å². The summed E-state index contributed by atoms with van der Waals surface area (Å²) in [5.74, 6) is 0.293. The fraction of sp³-hybridized carbons (Fsp3) is 0.267. The third-order valence-electron chi connectivity index (χ3n) is 2.73. The molecule has 0 saturated heterocycles. The summed E-state index contributed by atoms with van der Waals surface area (Å²) in [6.07, 6.45) is 5.12. The zero-order valence-corrected chi connectivity index (χ0v) is 12.5. The summed E-state index contributed by atoms with van der Waals surface area (Å²) in [6, 6.07) is 9.13. The summed E-state index contributed by atoms with van der Waals surface area (Å²) in [5, 5.41) is 2.94. The number of amides is 1. The van der Waals surface area contributed by atoms with Gasteiger partial charge in [0.25, 0.3) is 0 Å². The lowest BCUT2D eigenvalue weighted by Gasteiger charge is -2.17. The minimum Gasteiger partial charge on any atom is -0.382 e. The molecule has 1 atom stereocenters. The van der Waals surface area contributed by atoms with E-state index in [0.717, 1.165) is 10.6 Å². The Bertz CT molecular complexity index is 551. The normalized spacial score (nSPS) is 11.9. The van der Waals surface area contributed by atoms with Crippen LogP contribution < -0.4 is 5.32 Å². The van der Waals surface area contributed by atoms with Gasteiger partial charge in [0, 0.05) is 30.6 Å². The molecule has 0 aliphatic heterocycles. The molecule has 110 valence electrons. The molecule has 21 heavy (non-hydrogen) atoms. The van der Waals surface area contributed by atoms with Crippen molar-refractivity contribution in [3.8, 4) is 0 Å². The van der Waals surface area contributed by atoms with Crippen LogP contribution in [-0.4, -0.2) is 35.3 Å². The fourth-order valence-corrected chi connectivity index (χ4v) is 2.46. The highest BCUT2D eigenvalue weighted by Gasteiger charge is 2.15. The van der Waals surface area contributed by atoms with Gasteiger partial charge >= 0.3 is 0 Å². The Hall–Kier alpha value is -1.92. The maximum Gasteiger partial charge on any atom is 0.230 e. The minimum absolute atomic E-state index is 0.0514. The van der Waals surface area contributed by atoms with Crippen molar-refractivity contribution >= 4 is 17.7 Å². The molecule has 1 amide bonds. The Kier molecular flexibility index (Phi) is 6.18. The molecule has 0 radical (unpaired) electrons. The summed E-state index contributed by atoms with van der Waals surface area (Å²) in [6.45, 7) is 0.392. The lowest BCUT2D eigenvalue weighted by molar-refractivity contribution is -0.119. The summed E-state index contributed by atoms with van der Waals surface area (Å²) >= 11 is 1.47. The van der Waals surface area contributed by atoms with E-state index in [4.69, 9.17) is 4.74 Å². The molecule has 0 aliphatic rings. The molecule has 0 fully saturated rings. The van der Waals surface area contributed by atoms with Crippen LogP contribution in [0, 0.1) is 0 Å². The Morgan fingerprint density at radius 2 is 2.10 bits per heavy atom. The molecule has 6 heteroatoms. The first-order valence-electron chi connectivity index (χ1n) is 6.51. The van der Waals surface area contributed by atoms with Crippen molar-refractivity contribution < 1.29 is 9.53 Å². The largest absolute Gasteiger partial charge is 0.382 e. The lowest BCUT2D eigenvalue weighted by atomic mass is 10.2. The zero-order valence-electron chi connectivity index (χ0n) is 11.7. The van der Waals surface area contributed by atoms with Gasteiger partial charge in [-0.2, -0.15) is 0 Å². The molecule has 2 rings (SSSR count). The minimum atomic E-state index is -0.234. The fourth-order valence-electron chi connectivity index (χ4n) is 1.77. The van der Waals surface area contributed by atoms with Crippen molar-refractivity contribution in [2.75, 3.05) is 19.5 Å². The van der Waals surface area contributed by atoms with Crippen molar-refractivity contribution in [3.05, 3.63) is 54.6 Å². The van der Waals surface area contributed by atoms with E-state index >= 15 is 0 Å². The molecule has 1 N–H and O–H groups in total. The predicted octanol–water partition coefficient (Wildman–Crippen LogP) is 2.07. The highest BCUT2D eigenvalue weighted by Crippen LogP contribution is 2.16. The van der Waals surface area contributed by atoms with Gasteiger partial charge in [0.1, 0.15) is 0 Å².